The monoisotopic (exact) mass is 295 g/mol. The highest BCUT2D eigenvalue weighted by atomic mass is 35.5. The minimum absolute atomic E-state index is 0.0940. The molecule has 1 aromatic carbocycles. The molecule has 0 saturated heterocycles. The van der Waals surface area contributed by atoms with E-state index in [-0.39, 0.29) is 11.6 Å². The van der Waals surface area contributed by atoms with Crippen molar-refractivity contribution in [1.29, 1.82) is 0 Å². The van der Waals surface area contributed by atoms with Crippen LogP contribution in [0.5, 0.6) is 0 Å². The van der Waals surface area contributed by atoms with Gasteiger partial charge in [-0.3, -0.25) is 0 Å². The number of anilines is 1. The smallest absolute Gasteiger partial charge is 0.337 e. The standard InChI is InChI=1S/C14H14ClNO2S/c1-9(13-4-3-7-19-13)16(2)12-8-10(15)5-6-11(12)14(17)18/h3-9H,1-2H3,(H,17,18). The number of rotatable bonds is 4. The Morgan fingerprint density at radius 2 is 2.16 bits per heavy atom. The van der Waals surface area contributed by atoms with Crippen LogP contribution in [0.2, 0.25) is 5.02 Å². The van der Waals surface area contributed by atoms with Gasteiger partial charge < -0.3 is 10.0 Å². The quantitative estimate of drug-likeness (QED) is 0.914. The van der Waals surface area contributed by atoms with Gasteiger partial charge >= 0.3 is 5.97 Å². The van der Waals surface area contributed by atoms with Crippen molar-refractivity contribution in [2.45, 2.75) is 13.0 Å². The molecule has 2 aromatic rings. The molecule has 0 bridgehead atoms. The third-order valence-corrected chi connectivity index (χ3v) is 4.38. The number of hydrogen-bond acceptors (Lipinski definition) is 3. The summed E-state index contributed by atoms with van der Waals surface area (Å²) in [5.74, 6) is -0.947. The summed E-state index contributed by atoms with van der Waals surface area (Å²) in [6, 6.07) is 8.94. The lowest BCUT2D eigenvalue weighted by Gasteiger charge is -2.27. The second-order valence-corrected chi connectivity index (χ2v) is 5.68. The minimum atomic E-state index is -0.947. The minimum Gasteiger partial charge on any atom is -0.478 e. The van der Waals surface area contributed by atoms with Gasteiger partial charge in [0.2, 0.25) is 0 Å². The molecule has 2 rings (SSSR count). The van der Waals surface area contributed by atoms with Crippen LogP contribution in [0, 0.1) is 0 Å². The highest BCUT2D eigenvalue weighted by molar-refractivity contribution is 7.10. The molecule has 0 amide bonds. The van der Waals surface area contributed by atoms with Crippen molar-refractivity contribution in [3.8, 4) is 0 Å². The molecule has 1 unspecified atom stereocenters. The molecule has 1 N–H and O–H groups in total. The Morgan fingerprint density at radius 1 is 1.42 bits per heavy atom. The van der Waals surface area contributed by atoms with E-state index in [1.54, 1.807) is 23.5 Å². The predicted octanol–water partition coefficient (Wildman–Crippen LogP) is 4.30. The van der Waals surface area contributed by atoms with Crippen molar-refractivity contribution < 1.29 is 9.90 Å². The fraction of sp³-hybridized carbons (Fsp3) is 0.214. The van der Waals surface area contributed by atoms with Crippen molar-refractivity contribution in [1.82, 2.24) is 0 Å². The summed E-state index contributed by atoms with van der Waals surface area (Å²) in [7, 11) is 1.88. The van der Waals surface area contributed by atoms with Crippen LogP contribution in [0.15, 0.2) is 35.7 Å². The Kier molecular flexibility index (Phi) is 4.12. The number of halogens is 1. The van der Waals surface area contributed by atoms with Gasteiger partial charge in [-0.2, -0.15) is 0 Å². The lowest BCUT2D eigenvalue weighted by molar-refractivity contribution is 0.0697. The van der Waals surface area contributed by atoms with Crippen LogP contribution in [0.1, 0.15) is 28.2 Å². The number of carbonyl (C=O) groups is 1. The average molecular weight is 296 g/mol. The van der Waals surface area contributed by atoms with Crippen LogP contribution >= 0.6 is 22.9 Å². The van der Waals surface area contributed by atoms with Crippen molar-refractivity contribution in [3.63, 3.8) is 0 Å². The number of benzene rings is 1. The lowest BCUT2D eigenvalue weighted by atomic mass is 10.1. The van der Waals surface area contributed by atoms with E-state index in [0.29, 0.717) is 10.7 Å². The number of carboxylic acid groups (broad SMARTS) is 1. The first-order chi connectivity index (χ1) is 9.00. The molecule has 0 aliphatic heterocycles. The molecule has 0 saturated carbocycles. The summed E-state index contributed by atoms with van der Waals surface area (Å²) in [4.78, 5) is 14.4. The molecule has 1 heterocycles. The van der Waals surface area contributed by atoms with E-state index < -0.39 is 5.97 Å². The first kappa shape index (κ1) is 13.9. The second kappa shape index (κ2) is 5.63. The average Bonchev–Trinajstić information content (AvgIpc) is 2.90. The molecular weight excluding hydrogens is 282 g/mol. The first-order valence-electron chi connectivity index (χ1n) is 5.79. The van der Waals surface area contributed by atoms with E-state index in [9.17, 15) is 9.90 Å². The molecule has 0 aliphatic carbocycles. The zero-order valence-electron chi connectivity index (χ0n) is 10.6. The number of hydrogen-bond donors (Lipinski definition) is 1. The molecule has 0 spiro atoms. The van der Waals surface area contributed by atoms with Crippen molar-refractivity contribution in [2.75, 3.05) is 11.9 Å². The van der Waals surface area contributed by atoms with Crippen LogP contribution in [-0.2, 0) is 0 Å². The molecule has 1 aromatic heterocycles. The Labute approximate surface area is 121 Å². The van der Waals surface area contributed by atoms with Gasteiger partial charge in [0.05, 0.1) is 17.3 Å². The van der Waals surface area contributed by atoms with E-state index >= 15 is 0 Å². The van der Waals surface area contributed by atoms with Gasteiger partial charge in [-0.1, -0.05) is 17.7 Å². The fourth-order valence-electron chi connectivity index (χ4n) is 1.91. The molecule has 19 heavy (non-hydrogen) atoms. The first-order valence-corrected chi connectivity index (χ1v) is 7.05. The Balaban J connectivity index is 2.40. The Morgan fingerprint density at radius 3 is 2.74 bits per heavy atom. The summed E-state index contributed by atoms with van der Waals surface area (Å²) >= 11 is 7.63. The Bertz CT molecular complexity index is 583. The molecule has 1 atom stereocenters. The maximum Gasteiger partial charge on any atom is 0.337 e. The molecule has 0 fully saturated rings. The summed E-state index contributed by atoms with van der Waals surface area (Å²) < 4.78 is 0. The van der Waals surface area contributed by atoms with Gasteiger partial charge in [0, 0.05) is 16.9 Å². The van der Waals surface area contributed by atoms with Crippen LogP contribution < -0.4 is 4.90 Å². The van der Waals surface area contributed by atoms with E-state index in [1.165, 1.54) is 10.9 Å². The van der Waals surface area contributed by atoms with Crippen LogP contribution in [0.25, 0.3) is 0 Å². The summed E-state index contributed by atoms with van der Waals surface area (Å²) in [6.07, 6.45) is 0. The van der Waals surface area contributed by atoms with E-state index in [0.717, 1.165) is 0 Å². The third-order valence-electron chi connectivity index (χ3n) is 3.11. The molecular formula is C14H14ClNO2S. The van der Waals surface area contributed by atoms with Crippen molar-refractivity contribution in [2.24, 2.45) is 0 Å². The number of thiophene rings is 1. The van der Waals surface area contributed by atoms with E-state index in [4.69, 9.17) is 11.6 Å². The predicted molar refractivity (Wildman–Crippen MR) is 79.5 cm³/mol. The van der Waals surface area contributed by atoms with E-state index in [1.807, 2.05) is 36.4 Å². The molecule has 100 valence electrons. The largest absolute Gasteiger partial charge is 0.478 e. The van der Waals surface area contributed by atoms with E-state index in [2.05, 4.69) is 0 Å². The van der Waals surface area contributed by atoms with Gasteiger partial charge in [-0.25, -0.2) is 4.79 Å². The van der Waals surface area contributed by atoms with Crippen LogP contribution in [-0.4, -0.2) is 18.1 Å². The second-order valence-electron chi connectivity index (χ2n) is 4.27. The SMILES string of the molecule is CC(c1cccs1)N(C)c1cc(Cl)ccc1C(=O)O. The molecule has 5 heteroatoms. The van der Waals surface area contributed by atoms with Gasteiger partial charge in [0.1, 0.15) is 0 Å². The van der Waals surface area contributed by atoms with Crippen LogP contribution in [0.3, 0.4) is 0 Å². The highest BCUT2D eigenvalue weighted by Crippen LogP contribution is 2.32. The zero-order chi connectivity index (χ0) is 14.0. The van der Waals surface area contributed by atoms with Gasteiger partial charge in [-0.05, 0) is 36.6 Å². The lowest BCUT2D eigenvalue weighted by Crippen LogP contribution is -2.23. The summed E-state index contributed by atoms with van der Waals surface area (Å²) in [6.45, 7) is 2.04. The van der Waals surface area contributed by atoms with Gasteiger partial charge in [-0.15, -0.1) is 11.3 Å². The molecule has 0 aliphatic rings. The van der Waals surface area contributed by atoms with Crippen LogP contribution in [0.4, 0.5) is 5.69 Å². The van der Waals surface area contributed by atoms with Gasteiger partial charge in [0.25, 0.3) is 0 Å². The number of carboxylic acids is 1. The maximum absolute atomic E-state index is 11.3. The van der Waals surface area contributed by atoms with Crippen molar-refractivity contribution in [3.05, 3.63) is 51.2 Å². The van der Waals surface area contributed by atoms with Crippen molar-refractivity contribution >= 4 is 34.6 Å². The van der Waals surface area contributed by atoms with Gasteiger partial charge in [0.15, 0.2) is 0 Å². The Hall–Kier alpha value is -1.52. The fourth-order valence-corrected chi connectivity index (χ4v) is 2.90. The number of aromatic carboxylic acids is 1. The molecule has 0 radical (unpaired) electrons. The summed E-state index contributed by atoms with van der Waals surface area (Å²) in [5, 5.41) is 11.8. The topological polar surface area (TPSA) is 40.5 Å². The summed E-state index contributed by atoms with van der Waals surface area (Å²) in [5.41, 5.74) is 0.885. The normalized spacial score (nSPS) is 12.2. The third kappa shape index (κ3) is 2.91. The highest BCUT2D eigenvalue weighted by Gasteiger charge is 2.19. The maximum atomic E-state index is 11.3. The number of nitrogens with zero attached hydrogens (tertiary/aromatic N) is 1. The zero-order valence-corrected chi connectivity index (χ0v) is 12.2. The molecule has 3 nitrogen and oxygen atoms in total.